The summed E-state index contributed by atoms with van der Waals surface area (Å²) in [6, 6.07) is 5.94. The van der Waals surface area contributed by atoms with E-state index in [4.69, 9.17) is 10.5 Å². The molecule has 0 aliphatic heterocycles. The smallest absolute Gasteiger partial charge is 0.120 e. The summed E-state index contributed by atoms with van der Waals surface area (Å²) in [6.07, 6.45) is 4.27. The van der Waals surface area contributed by atoms with Gasteiger partial charge in [0.25, 0.3) is 0 Å². The lowest BCUT2D eigenvalue weighted by Crippen LogP contribution is -2.01. The third-order valence-corrected chi connectivity index (χ3v) is 3.30. The summed E-state index contributed by atoms with van der Waals surface area (Å²) < 4.78 is 5.78. The number of nitrogens with two attached hydrogens (primary N) is 1. The number of hydrogen-bond acceptors (Lipinski definition) is 4. The molecule has 1 aromatic heterocycles. The van der Waals surface area contributed by atoms with Gasteiger partial charge in [-0.2, -0.15) is 0 Å². The summed E-state index contributed by atoms with van der Waals surface area (Å²) in [6.45, 7) is 0.816. The lowest BCUT2D eigenvalue weighted by Gasteiger charge is -2.11. The third-order valence-electron chi connectivity index (χ3n) is 3.30. The Bertz CT molecular complexity index is 579. The molecule has 0 bridgehead atoms. The molecule has 1 aromatic carbocycles. The van der Waals surface area contributed by atoms with Gasteiger partial charge >= 0.3 is 0 Å². The van der Waals surface area contributed by atoms with Crippen LogP contribution in [0.15, 0.2) is 24.4 Å². The third kappa shape index (κ3) is 2.06. The molecular formula is C14H17N3O. The summed E-state index contributed by atoms with van der Waals surface area (Å²) in [5.74, 6) is 1.64. The maximum absolute atomic E-state index is 5.91. The van der Waals surface area contributed by atoms with Crippen LogP contribution in [0.5, 0.6) is 5.75 Å². The molecular weight excluding hydrogens is 226 g/mol. The highest BCUT2D eigenvalue weighted by molar-refractivity contribution is 5.97. The van der Waals surface area contributed by atoms with Crippen LogP contribution in [0.3, 0.4) is 0 Å². The Morgan fingerprint density at radius 1 is 1.44 bits per heavy atom. The van der Waals surface area contributed by atoms with E-state index < -0.39 is 0 Å². The number of aromatic nitrogens is 1. The van der Waals surface area contributed by atoms with E-state index in [2.05, 4.69) is 10.3 Å². The maximum Gasteiger partial charge on any atom is 0.120 e. The first-order valence-corrected chi connectivity index (χ1v) is 6.26. The molecule has 1 aliphatic rings. The molecule has 1 saturated carbocycles. The summed E-state index contributed by atoms with van der Waals surface area (Å²) in [4.78, 5) is 4.32. The molecule has 0 atom stereocenters. The fraction of sp³-hybridized carbons (Fsp3) is 0.357. The van der Waals surface area contributed by atoms with Crippen LogP contribution in [-0.4, -0.2) is 18.6 Å². The SMILES string of the molecule is CNc1c(N)cnc2ccc(OCC3CC3)cc12. The Morgan fingerprint density at radius 3 is 3.00 bits per heavy atom. The topological polar surface area (TPSA) is 60.2 Å². The van der Waals surface area contributed by atoms with Crippen molar-refractivity contribution in [1.82, 2.24) is 4.98 Å². The first kappa shape index (κ1) is 11.1. The second-order valence-corrected chi connectivity index (χ2v) is 4.77. The Labute approximate surface area is 106 Å². The second kappa shape index (κ2) is 4.37. The average Bonchev–Trinajstić information content (AvgIpc) is 3.20. The molecule has 1 fully saturated rings. The van der Waals surface area contributed by atoms with E-state index in [1.165, 1.54) is 12.8 Å². The quantitative estimate of drug-likeness (QED) is 0.866. The molecule has 0 saturated heterocycles. The number of nitrogens with one attached hydrogen (secondary N) is 1. The van der Waals surface area contributed by atoms with Gasteiger partial charge in [-0.1, -0.05) is 0 Å². The zero-order valence-electron chi connectivity index (χ0n) is 10.4. The number of nitrogen functional groups attached to an aromatic ring is 1. The molecule has 4 nitrogen and oxygen atoms in total. The van der Waals surface area contributed by atoms with E-state index >= 15 is 0 Å². The minimum Gasteiger partial charge on any atom is -0.493 e. The number of benzene rings is 1. The van der Waals surface area contributed by atoms with Crippen LogP contribution < -0.4 is 15.8 Å². The second-order valence-electron chi connectivity index (χ2n) is 4.77. The molecule has 3 N–H and O–H groups in total. The average molecular weight is 243 g/mol. The van der Waals surface area contributed by atoms with Crippen molar-refractivity contribution < 1.29 is 4.74 Å². The normalized spacial score (nSPS) is 14.7. The van der Waals surface area contributed by atoms with Crippen molar-refractivity contribution in [3.05, 3.63) is 24.4 Å². The Kier molecular flexibility index (Phi) is 2.70. The number of nitrogens with zero attached hydrogens (tertiary/aromatic N) is 1. The molecule has 94 valence electrons. The highest BCUT2D eigenvalue weighted by atomic mass is 16.5. The van der Waals surface area contributed by atoms with E-state index in [9.17, 15) is 0 Å². The minimum absolute atomic E-state index is 0.657. The summed E-state index contributed by atoms with van der Waals surface area (Å²) in [7, 11) is 1.86. The number of pyridine rings is 1. The largest absolute Gasteiger partial charge is 0.493 e. The van der Waals surface area contributed by atoms with Crippen LogP contribution in [-0.2, 0) is 0 Å². The van der Waals surface area contributed by atoms with Crippen LogP contribution in [0, 0.1) is 5.92 Å². The van der Waals surface area contributed by atoms with Crippen molar-refractivity contribution in [2.45, 2.75) is 12.8 Å². The molecule has 1 aliphatic carbocycles. The Morgan fingerprint density at radius 2 is 2.28 bits per heavy atom. The predicted molar refractivity (Wildman–Crippen MR) is 73.9 cm³/mol. The maximum atomic E-state index is 5.91. The zero-order chi connectivity index (χ0) is 12.5. The van der Waals surface area contributed by atoms with Gasteiger partial charge in [-0.25, -0.2) is 0 Å². The molecule has 0 radical (unpaired) electrons. The Hall–Kier alpha value is -1.97. The zero-order valence-corrected chi connectivity index (χ0v) is 10.4. The highest BCUT2D eigenvalue weighted by Crippen LogP contribution is 2.32. The fourth-order valence-electron chi connectivity index (χ4n) is 2.05. The monoisotopic (exact) mass is 243 g/mol. The van der Waals surface area contributed by atoms with Crippen LogP contribution in [0.1, 0.15) is 12.8 Å². The molecule has 2 aromatic rings. The van der Waals surface area contributed by atoms with Gasteiger partial charge in [0.1, 0.15) is 5.75 Å². The first-order valence-electron chi connectivity index (χ1n) is 6.26. The lowest BCUT2D eigenvalue weighted by atomic mass is 10.1. The van der Waals surface area contributed by atoms with E-state index in [-0.39, 0.29) is 0 Å². The van der Waals surface area contributed by atoms with Gasteiger partial charge in [0, 0.05) is 12.4 Å². The van der Waals surface area contributed by atoms with Crippen LogP contribution in [0.25, 0.3) is 10.9 Å². The van der Waals surface area contributed by atoms with Crippen LogP contribution >= 0.6 is 0 Å². The van der Waals surface area contributed by atoms with Gasteiger partial charge in [-0.3, -0.25) is 4.98 Å². The van der Waals surface area contributed by atoms with E-state index in [1.807, 2.05) is 25.2 Å². The molecule has 0 amide bonds. The molecule has 18 heavy (non-hydrogen) atoms. The van der Waals surface area contributed by atoms with Crippen molar-refractivity contribution in [2.24, 2.45) is 5.92 Å². The van der Waals surface area contributed by atoms with Crippen molar-refractivity contribution in [3.63, 3.8) is 0 Å². The Balaban J connectivity index is 1.97. The van der Waals surface area contributed by atoms with Gasteiger partial charge in [-0.05, 0) is 37.0 Å². The van der Waals surface area contributed by atoms with Gasteiger partial charge in [0.15, 0.2) is 0 Å². The van der Waals surface area contributed by atoms with E-state index in [0.29, 0.717) is 5.69 Å². The molecule has 0 spiro atoms. The van der Waals surface area contributed by atoms with Crippen molar-refractivity contribution in [1.29, 1.82) is 0 Å². The molecule has 4 heteroatoms. The summed E-state index contributed by atoms with van der Waals surface area (Å²) >= 11 is 0. The molecule has 3 rings (SSSR count). The molecule has 0 unspecified atom stereocenters. The first-order chi connectivity index (χ1) is 8.78. The highest BCUT2D eigenvalue weighted by Gasteiger charge is 2.21. The van der Waals surface area contributed by atoms with Gasteiger partial charge in [0.2, 0.25) is 0 Å². The number of fused-ring (bicyclic) bond motifs is 1. The number of anilines is 2. The summed E-state index contributed by atoms with van der Waals surface area (Å²) in [5.41, 5.74) is 8.41. The lowest BCUT2D eigenvalue weighted by molar-refractivity contribution is 0.300. The number of ether oxygens (including phenoxy) is 1. The van der Waals surface area contributed by atoms with Crippen molar-refractivity contribution >= 4 is 22.3 Å². The van der Waals surface area contributed by atoms with Crippen molar-refractivity contribution in [3.8, 4) is 5.75 Å². The van der Waals surface area contributed by atoms with Crippen LogP contribution in [0.2, 0.25) is 0 Å². The number of hydrogen-bond donors (Lipinski definition) is 2. The van der Waals surface area contributed by atoms with Gasteiger partial charge < -0.3 is 15.8 Å². The summed E-state index contributed by atoms with van der Waals surface area (Å²) in [5, 5.41) is 4.13. The minimum atomic E-state index is 0.657. The van der Waals surface area contributed by atoms with E-state index in [0.717, 1.165) is 34.9 Å². The number of rotatable bonds is 4. The fourth-order valence-corrected chi connectivity index (χ4v) is 2.05. The van der Waals surface area contributed by atoms with Gasteiger partial charge in [-0.15, -0.1) is 0 Å². The molecule has 1 heterocycles. The van der Waals surface area contributed by atoms with Crippen LogP contribution in [0.4, 0.5) is 11.4 Å². The van der Waals surface area contributed by atoms with Crippen molar-refractivity contribution in [2.75, 3.05) is 24.7 Å². The van der Waals surface area contributed by atoms with Gasteiger partial charge in [0.05, 0.1) is 29.7 Å². The standard InChI is InChI=1S/C14H17N3O/c1-16-14-11-6-10(18-8-9-2-3-9)4-5-13(11)17-7-12(14)15/h4-7,9H,2-3,8,15H2,1H3,(H,16,17). The predicted octanol–water partition coefficient (Wildman–Crippen LogP) is 2.65. The van der Waals surface area contributed by atoms with E-state index in [1.54, 1.807) is 6.20 Å².